The molecule has 2 aliphatic carbocycles. The maximum absolute atomic E-state index is 12.7. The molecule has 0 N–H and O–H groups in total. The predicted molar refractivity (Wildman–Crippen MR) is 109 cm³/mol. The molecule has 136 valence electrons. The molecule has 2 aromatic carbocycles. The number of carbonyl (C=O) groups excluding carboxylic acids is 1. The number of hydrogen-bond acceptors (Lipinski definition) is 3. The number of hydrogen-bond donors (Lipinski definition) is 0. The standard InChI is InChI=1S/C22H19ClN2OS/c1-13-7-9-15(10-8-13)27-21-16-11-17(19(21)23)20-18(16)12-25(24-20)22(26)14-5-3-2-4-6-14/h2-10,12,16-17,19,21H,11H2,1H3/t16-,17-,19-,21-/m0/s1. The highest BCUT2D eigenvalue weighted by Gasteiger charge is 2.52. The summed E-state index contributed by atoms with van der Waals surface area (Å²) in [7, 11) is 0. The van der Waals surface area contributed by atoms with Gasteiger partial charge in [-0.25, -0.2) is 4.68 Å². The van der Waals surface area contributed by atoms with E-state index in [1.807, 2.05) is 48.3 Å². The molecular weight excluding hydrogens is 376 g/mol. The third-order valence-electron chi connectivity index (χ3n) is 5.65. The summed E-state index contributed by atoms with van der Waals surface area (Å²) in [6.07, 6.45) is 2.97. The molecule has 3 nitrogen and oxygen atoms in total. The van der Waals surface area contributed by atoms with Crippen LogP contribution in [0.25, 0.3) is 0 Å². The van der Waals surface area contributed by atoms with Gasteiger partial charge in [-0.2, -0.15) is 5.10 Å². The van der Waals surface area contributed by atoms with Gasteiger partial charge >= 0.3 is 0 Å². The fraction of sp³-hybridized carbons (Fsp3) is 0.273. The summed E-state index contributed by atoms with van der Waals surface area (Å²) in [5.74, 6) is 0.508. The van der Waals surface area contributed by atoms with E-state index in [9.17, 15) is 4.79 Å². The molecule has 2 bridgehead atoms. The Morgan fingerprint density at radius 1 is 1.11 bits per heavy atom. The highest BCUT2D eigenvalue weighted by atomic mass is 35.5. The van der Waals surface area contributed by atoms with Crippen molar-refractivity contribution in [2.75, 3.05) is 0 Å². The molecule has 2 aliphatic rings. The molecule has 27 heavy (non-hydrogen) atoms. The van der Waals surface area contributed by atoms with Crippen molar-refractivity contribution in [3.05, 3.63) is 83.2 Å². The normalized spacial score (nSPS) is 25.6. The SMILES string of the molecule is Cc1ccc(S[C@@H]2[C@@H](Cl)[C@@H]3C[C@H]2c2cn(C(=O)c4ccccc4)nc23)cc1. The van der Waals surface area contributed by atoms with Gasteiger partial charge in [-0.05, 0) is 43.2 Å². The molecule has 5 heteroatoms. The molecule has 0 saturated heterocycles. The number of thioether (sulfide) groups is 1. The molecule has 4 atom stereocenters. The molecule has 0 amide bonds. The number of aryl methyl sites for hydroxylation is 1. The van der Waals surface area contributed by atoms with Crippen molar-refractivity contribution in [3.63, 3.8) is 0 Å². The molecule has 0 radical (unpaired) electrons. The fourth-order valence-electron chi connectivity index (χ4n) is 4.27. The molecule has 0 spiro atoms. The molecule has 5 rings (SSSR count). The number of nitrogens with zero attached hydrogens (tertiary/aromatic N) is 2. The van der Waals surface area contributed by atoms with Crippen LogP contribution in [-0.4, -0.2) is 26.3 Å². The van der Waals surface area contributed by atoms with E-state index >= 15 is 0 Å². The second kappa shape index (κ2) is 6.54. The first-order valence-corrected chi connectivity index (χ1v) is 10.5. The summed E-state index contributed by atoms with van der Waals surface area (Å²) < 4.78 is 1.50. The van der Waals surface area contributed by atoms with E-state index in [0.29, 0.717) is 16.7 Å². The Balaban J connectivity index is 1.43. The Labute approximate surface area is 167 Å². The zero-order chi connectivity index (χ0) is 18.5. The van der Waals surface area contributed by atoms with Crippen LogP contribution in [0.5, 0.6) is 0 Å². The average molecular weight is 395 g/mol. The lowest BCUT2D eigenvalue weighted by Crippen LogP contribution is -2.24. The number of benzene rings is 2. The lowest BCUT2D eigenvalue weighted by atomic mass is 9.97. The van der Waals surface area contributed by atoms with Gasteiger partial charge in [0, 0.05) is 33.7 Å². The maximum atomic E-state index is 12.7. The quantitative estimate of drug-likeness (QED) is 0.570. The van der Waals surface area contributed by atoms with Crippen molar-refractivity contribution >= 4 is 29.3 Å². The first-order valence-electron chi connectivity index (χ1n) is 9.18. The van der Waals surface area contributed by atoms with E-state index in [0.717, 1.165) is 12.1 Å². The Kier molecular flexibility index (Phi) is 4.14. The second-order valence-corrected chi connectivity index (χ2v) is 9.13. The third kappa shape index (κ3) is 2.82. The largest absolute Gasteiger partial charge is 0.278 e. The van der Waals surface area contributed by atoms with Crippen LogP contribution in [-0.2, 0) is 0 Å². The van der Waals surface area contributed by atoms with Gasteiger partial charge in [-0.1, -0.05) is 35.9 Å². The highest BCUT2D eigenvalue weighted by molar-refractivity contribution is 8.00. The topological polar surface area (TPSA) is 34.9 Å². The Morgan fingerprint density at radius 2 is 1.85 bits per heavy atom. The van der Waals surface area contributed by atoms with Gasteiger partial charge < -0.3 is 0 Å². The molecule has 1 aromatic heterocycles. The van der Waals surface area contributed by atoms with Crippen molar-refractivity contribution in [2.45, 2.75) is 40.7 Å². The van der Waals surface area contributed by atoms with Gasteiger partial charge in [0.1, 0.15) is 0 Å². The van der Waals surface area contributed by atoms with Crippen LogP contribution >= 0.6 is 23.4 Å². The second-order valence-electron chi connectivity index (χ2n) is 7.37. The van der Waals surface area contributed by atoms with Crippen molar-refractivity contribution in [2.24, 2.45) is 0 Å². The van der Waals surface area contributed by atoms with Crippen LogP contribution in [0.4, 0.5) is 0 Å². The van der Waals surface area contributed by atoms with E-state index in [2.05, 4.69) is 36.3 Å². The predicted octanol–water partition coefficient (Wildman–Crippen LogP) is 5.23. The number of alkyl halides is 1. The van der Waals surface area contributed by atoms with E-state index in [1.54, 1.807) is 0 Å². The van der Waals surface area contributed by atoms with Gasteiger partial charge in [0.25, 0.3) is 5.91 Å². The number of aromatic nitrogens is 2. The van der Waals surface area contributed by atoms with Gasteiger partial charge in [0.15, 0.2) is 0 Å². The zero-order valence-electron chi connectivity index (χ0n) is 14.9. The minimum Gasteiger partial charge on any atom is -0.267 e. The van der Waals surface area contributed by atoms with Gasteiger partial charge in [0.2, 0.25) is 0 Å². The summed E-state index contributed by atoms with van der Waals surface area (Å²) in [5.41, 5.74) is 4.13. The van der Waals surface area contributed by atoms with Gasteiger partial charge in [-0.15, -0.1) is 23.4 Å². The van der Waals surface area contributed by atoms with Crippen molar-refractivity contribution in [1.82, 2.24) is 9.78 Å². The van der Waals surface area contributed by atoms with Crippen LogP contribution in [0.3, 0.4) is 0 Å². The summed E-state index contributed by atoms with van der Waals surface area (Å²) in [4.78, 5) is 14.0. The zero-order valence-corrected chi connectivity index (χ0v) is 16.5. The van der Waals surface area contributed by atoms with E-state index in [4.69, 9.17) is 11.6 Å². The molecule has 0 unspecified atom stereocenters. The summed E-state index contributed by atoms with van der Waals surface area (Å²) in [5, 5.41) is 4.99. The third-order valence-corrected chi connectivity index (χ3v) is 7.81. The number of carbonyl (C=O) groups is 1. The Bertz CT molecular complexity index is 999. The summed E-state index contributed by atoms with van der Waals surface area (Å²) >= 11 is 8.69. The average Bonchev–Trinajstić information content (AvgIpc) is 3.35. The summed E-state index contributed by atoms with van der Waals surface area (Å²) in [6.45, 7) is 2.10. The van der Waals surface area contributed by atoms with Crippen molar-refractivity contribution in [3.8, 4) is 0 Å². The smallest absolute Gasteiger partial charge is 0.267 e. The molecule has 0 aliphatic heterocycles. The molecular formula is C22H19ClN2OS. The lowest BCUT2D eigenvalue weighted by molar-refractivity contribution is 0.0944. The first kappa shape index (κ1) is 17.1. The van der Waals surface area contributed by atoms with E-state index in [-0.39, 0.29) is 17.2 Å². The maximum Gasteiger partial charge on any atom is 0.278 e. The minimum absolute atomic E-state index is 0.0454. The monoisotopic (exact) mass is 394 g/mol. The van der Waals surface area contributed by atoms with E-state index in [1.165, 1.54) is 20.7 Å². The Hall–Kier alpha value is -2.04. The Morgan fingerprint density at radius 3 is 2.59 bits per heavy atom. The molecule has 1 saturated carbocycles. The number of fused-ring (bicyclic) bond motifs is 5. The van der Waals surface area contributed by atoms with Crippen LogP contribution in [0.1, 0.15) is 45.4 Å². The van der Waals surface area contributed by atoms with Gasteiger partial charge in [0.05, 0.1) is 11.1 Å². The van der Waals surface area contributed by atoms with Crippen LogP contribution in [0, 0.1) is 6.92 Å². The highest BCUT2D eigenvalue weighted by Crippen LogP contribution is 2.59. The van der Waals surface area contributed by atoms with Gasteiger partial charge in [-0.3, -0.25) is 4.79 Å². The minimum atomic E-state index is -0.0849. The molecule has 1 fully saturated rings. The number of halogens is 1. The molecule has 3 aromatic rings. The van der Waals surface area contributed by atoms with Crippen LogP contribution in [0.15, 0.2) is 65.7 Å². The number of rotatable bonds is 3. The lowest BCUT2D eigenvalue weighted by Gasteiger charge is -2.25. The van der Waals surface area contributed by atoms with E-state index < -0.39 is 0 Å². The van der Waals surface area contributed by atoms with Crippen molar-refractivity contribution < 1.29 is 4.79 Å². The van der Waals surface area contributed by atoms with Crippen LogP contribution < -0.4 is 0 Å². The molecule has 1 heterocycles. The summed E-state index contributed by atoms with van der Waals surface area (Å²) in [6, 6.07) is 17.9. The first-order chi connectivity index (χ1) is 13.1. The fourth-order valence-corrected chi connectivity index (χ4v) is 6.17. The van der Waals surface area contributed by atoms with Crippen LogP contribution in [0.2, 0.25) is 0 Å². The van der Waals surface area contributed by atoms with Crippen molar-refractivity contribution in [1.29, 1.82) is 0 Å².